The second-order valence-corrected chi connectivity index (χ2v) is 19.3. The van der Waals surface area contributed by atoms with Crippen molar-refractivity contribution in [1.29, 1.82) is 0 Å². The highest BCUT2D eigenvalue weighted by molar-refractivity contribution is 6.11. The van der Waals surface area contributed by atoms with Gasteiger partial charge in [-0.2, -0.15) is 0 Å². The Morgan fingerprint density at radius 2 is 1.26 bits per heavy atom. The molecular weight excluding hydrogens is 839 g/mol. The smallest absolute Gasteiger partial charge is 0.0818 e. The van der Waals surface area contributed by atoms with Gasteiger partial charge in [-0.25, -0.2) is 0 Å². The number of para-hydroxylation sites is 4. The van der Waals surface area contributed by atoms with E-state index in [1.54, 1.807) is 0 Å². The van der Waals surface area contributed by atoms with Crippen molar-refractivity contribution in [3.63, 3.8) is 0 Å². The number of fused-ring (bicyclic) bond motifs is 9. The van der Waals surface area contributed by atoms with Crippen molar-refractivity contribution in [3.8, 4) is 16.8 Å². The van der Waals surface area contributed by atoms with Crippen LogP contribution >= 0.6 is 0 Å². The minimum Gasteiger partial charge on any atom is -0.398 e. The largest absolute Gasteiger partial charge is 0.398 e. The van der Waals surface area contributed by atoms with Gasteiger partial charge in [-0.15, -0.1) is 0 Å². The molecule has 5 heteroatoms. The van der Waals surface area contributed by atoms with E-state index in [-0.39, 0.29) is 24.0 Å². The lowest BCUT2D eigenvalue weighted by molar-refractivity contribution is 0.378. The van der Waals surface area contributed by atoms with Crippen LogP contribution in [0.25, 0.3) is 78.3 Å². The van der Waals surface area contributed by atoms with Crippen molar-refractivity contribution in [2.75, 3.05) is 5.73 Å². The van der Waals surface area contributed by atoms with Gasteiger partial charge in [-0.1, -0.05) is 153 Å². The normalized spacial score (nSPS) is 17.4. The number of nitrogens with zero attached hydrogens (tertiary/aromatic N) is 3. The summed E-state index contributed by atoms with van der Waals surface area (Å²) >= 11 is 0. The molecule has 3 aliphatic rings. The van der Waals surface area contributed by atoms with Crippen LogP contribution in [0.5, 0.6) is 0 Å². The standard InChI is InChI=1S/C64H55N5/c1-41-49(46-34-38-62-56(40-46)52-23-12-16-28-60(52)69(62)48-19-7-4-8-20-48)35-36-53-50-21-10-14-26-58(50)67(64(41)53)42(2)66-63(54-24-9-13-25-57(54)65)44-31-29-43(30-32-44)45-33-37-61-55(39-45)51-22-11-15-27-59(51)68(61)47-17-5-3-6-18-47/h3-7,9-13,15-19,21-25,27-42,49,63,66H,8,14,20,26,65H2,1-2H3. The molecule has 0 saturated heterocycles. The van der Waals surface area contributed by atoms with Gasteiger partial charge in [-0.05, 0) is 121 Å². The molecule has 0 bridgehead atoms. The maximum atomic E-state index is 6.89. The SMILES string of the molecule is CC1c2c(c3c(n2C(C)NC(c2ccc(-c4ccc5c(c4)c4ccccc4n5-c4ccccc4)cc2)c2ccccc2N)CCC=C3)C=CC1c1ccc2c(c1)c1ccccc1n2C1=CC=CCC1. The lowest BCUT2D eigenvalue weighted by Crippen LogP contribution is -2.32. The van der Waals surface area contributed by atoms with Gasteiger partial charge in [0, 0.05) is 73.0 Å². The van der Waals surface area contributed by atoms with Crippen LogP contribution < -0.4 is 11.1 Å². The summed E-state index contributed by atoms with van der Waals surface area (Å²) in [4.78, 5) is 0. The molecule has 3 aliphatic carbocycles. The number of hydrogen-bond donors (Lipinski definition) is 2. The molecule has 3 N–H and O–H groups in total. The van der Waals surface area contributed by atoms with Crippen LogP contribution in [0.15, 0.2) is 194 Å². The summed E-state index contributed by atoms with van der Waals surface area (Å²) < 4.78 is 7.52. The fraction of sp³-hybridized carbons (Fsp3) is 0.156. The summed E-state index contributed by atoms with van der Waals surface area (Å²) in [5.74, 6) is 0.457. The summed E-state index contributed by atoms with van der Waals surface area (Å²) in [6.45, 7) is 4.79. The molecule has 0 fully saturated rings. The second kappa shape index (κ2) is 16.7. The Morgan fingerprint density at radius 1 is 0.594 bits per heavy atom. The lowest BCUT2D eigenvalue weighted by Gasteiger charge is -2.33. The molecule has 7 aromatic carbocycles. The average Bonchev–Trinajstić information content (AvgIpc) is 4.05. The number of allylic oxidation sites excluding steroid dienone is 6. The molecule has 3 aromatic heterocycles. The minimum absolute atomic E-state index is 0.0319. The Morgan fingerprint density at radius 3 is 2.04 bits per heavy atom. The Labute approximate surface area is 403 Å². The number of hydrogen-bond acceptors (Lipinski definition) is 2. The van der Waals surface area contributed by atoms with Gasteiger partial charge >= 0.3 is 0 Å². The van der Waals surface area contributed by atoms with Gasteiger partial charge in [0.2, 0.25) is 0 Å². The number of nitrogens with two attached hydrogens (primary N) is 1. The maximum Gasteiger partial charge on any atom is 0.0818 e. The van der Waals surface area contributed by atoms with E-state index < -0.39 is 0 Å². The second-order valence-electron chi connectivity index (χ2n) is 19.3. The average molecular weight is 894 g/mol. The van der Waals surface area contributed by atoms with Gasteiger partial charge in [0.1, 0.15) is 0 Å². The van der Waals surface area contributed by atoms with E-state index in [1.165, 1.54) is 99.8 Å². The number of anilines is 1. The van der Waals surface area contributed by atoms with Crippen LogP contribution in [0.4, 0.5) is 5.69 Å². The minimum atomic E-state index is -0.144. The van der Waals surface area contributed by atoms with Crippen LogP contribution in [0, 0.1) is 0 Å². The Balaban J connectivity index is 0.858. The van der Waals surface area contributed by atoms with E-state index >= 15 is 0 Å². The molecule has 336 valence electrons. The maximum absolute atomic E-state index is 6.89. The van der Waals surface area contributed by atoms with Crippen molar-refractivity contribution in [2.45, 2.75) is 63.6 Å². The zero-order chi connectivity index (χ0) is 46.2. The fourth-order valence-corrected chi connectivity index (χ4v) is 12.2. The first-order chi connectivity index (χ1) is 34.0. The molecule has 0 aliphatic heterocycles. The summed E-state index contributed by atoms with van der Waals surface area (Å²) in [5.41, 5.74) is 26.7. The van der Waals surface area contributed by atoms with Crippen LogP contribution in [0.3, 0.4) is 0 Å². The first-order valence-electron chi connectivity index (χ1n) is 24.8. The van der Waals surface area contributed by atoms with E-state index in [0.717, 1.165) is 36.9 Å². The molecule has 5 nitrogen and oxygen atoms in total. The van der Waals surface area contributed by atoms with Gasteiger partial charge < -0.3 is 19.4 Å². The molecule has 0 radical (unpaired) electrons. The fourth-order valence-electron chi connectivity index (χ4n) is 12.2. The zero-order valence-electron chi connectivity index (χ0n) is 39.2. The third-order valence-corrected chi connectivity index (χ3v) is 15.4. The first-order valence-corrected chi connectivity index (χ1v) is 24.8. The van der Waals surface area contributed by atoms with E-state index in [9.17, 15) is 0 Å². The van der Waals surface area contributed by atoms with Gasteiger partial charge in [0.25, 0.3) is 0 Å². The molecule has 4 atom stereocenters. The van der Waals surface area contributed by atoms with E-state index in [4.69, 9.17) is 5.73 Å². The predicted octanol–water partition coefficient (Wildman–Crippen LogP) is 15.9. The number of rotatable bonds is 9. The van der Waals surface area contributed by atoms with E-state index in [2.05, 4.69) is 227 Å². The van der Waals surface area contributed by atoms with Crippen molar-refractivity contribution in [3.05, 3.63) is 233 Å². The lowest BCUT2D eigenvalue weighted by atomic mass is 9.79. The van der Waals surface area contributed by atoms with Gasteiger partial charge in [-0.3, -0.25) is 5.32 Å². The third kappa shape index (κ3) is 6.78. The molecule has 0 spiro atoms. The van der Waals surface area contributed by atoms with Crippen molar-refractivity contribution >= 4 is 67.1 Å². The van der Waals surface area contributed by atoms with Gasteiger partial charge in [0.05, 0.1) is 34.3 Å². The number of aromatic nitrogens is 3. The summed E-state index contributed by atoms with van der Waals surface area (Å²) in [7, 11) is 0. The predicted molar refractivity (Wildman–Crippen MR) is 291 cm³/mol. The highest BCUT2D eigenvalue weighted by Crippen LogP contribution is 2.47. The van der Waals surface area contributed by atoms with Crippen LogP contribution in [-0.4, -0.2) is 13.7 Å². The van der Waals surface area contributed by atoms with Crippen molar-refractivity contribution in [1.82, 2.24) is 19.0 Å². The topological polar surface area (TPSA) is 52.8 Å². The first kappa shape index (κ1) is 41.3. The Kier molecular flexibility index (Phi) is 10.0. The molecule has 4 unspecified atom stereocenters. The molecule has 0 saturated carbocycles. The monoisotopic (exact) mass is 893 g/mol. The Hall–Kier alpha value is -7.86. The van der Waals surface area contributed by atoms with Crippen molar-refractivity contribution in [2.24, 2.45) is 0 Å². The van der Waals surface area contributed by atoms with E-state index in [0.29, 0.717) is 0 Å². The summed E-state index contributed by atoms with van der Waals surface area (Å²) in [6, 6.07) is 59.9. The number of benzene rings is 7. The number of nitrogen functional groups attached to an aromatic ring is 1. The van der Waals surface area contributed by atoms with Crippen molar-refractivity contribution < 1.29 is 0 Å². The highest BCUT2D eigenvalue weighted by atomic mass is 15.2. The third-order valence-electron chi connectivity index (χ3n) is 15.4. The summed E-state index contributed by atoms with van der Waals surface area (Å²) in [5, 5.41) is 9.33. The molecule has 13 rings (SSSR count). The molecule has 3 heterocycles. The molecule has 69 heavy (non-hydrogen) atoms. The number of nitrogens with one attached hydrogen (secondary N) is 1. The zero-order valence-corrected chi connectivity index (χ0v) is 39.2. The van der Waals surface area contributed by atoms with E-state index in [1.807, 2.05) is 12.1 Å². The molecule has 0 amide bonds. The van der Waals surface area contributed by atoms with Crippen LogP contribution in [0.1, 0.15) is 96.4 Å². The van der Waals surface area contributed by atoms with Crippen LogP contribution in [0.2, 0.25) is 0 Å². The van der Waals surface area contributed by atoms with Gasteiger partial charge in [0.15, 0.2) is 0 Å². The highest BCUT2D eigenvalue weighted by Gasteiger charge is 2.34. The quantitative estimate of drug-likeness (QED) is 0.142. The molecular formula is C64H55N5. The molecule has 10 aromatic rings. The Bertz CT molecular complexity index is 3760. The van der Waals surface area contributed by atoms with Crippen LogP contribution in [-0.2, 0) is 6.42 Å². The summed E-state index contributed by atoms with van der Waals surface area (Å²) in [6.07, 6.45) is 20.5.